The fourth-order valence-electron chi connectivity index (χ4n) is 4.47. The molecule has 1 aromatic heterocycles. The predicted octanol–water partition coefficient (Wildman–Crippen LogP) is 1.92. The van der Waals surface area contributed by atoms with Gasteiger partial charge in [0.1, 0.15) is 12.1 Å². The molecule has 2 heterocycles. The number of aryl methyl sites for hydroxylation is 1. The van der Waals surface area contributed by atoms with Gasteiger partial charge in [-0.05, 0) is 50.4 Å². The Kier molecular flexibility index (Phi) is 3.14. The lowest BCUT2D eigenvalue weighted by molar-refractivity contribution is 0.260. The summed E-state index contributed by atoms with van der Waals surface area (Å²) >= 11 is 0. The molecule has 0 radical (unpaired) electrons. The van der Waals surface area contributed by atoms with Crippen molar-refractivity contribution in [3.05, 3.63) is 17.6 Å². The first-order valence-electron chi connectivity index (χ1n) is 8.16. The van der Waals surface area contributed by atoms with E-state index >= 15 is 0 Å². The zero-order valence-corrected chi connectivity index (χ0v) is 12.1. The molecule has 3 atom stereocenters. The molecule has 3 unspecified atom stereocenters. The van der Waals surface area contributed by atoms with Crippen molar-refractivity contribution in [1.29, 1.82) is 0 Å². The molecular weight excluding hydrogens is 248 g/mol. The van der Waals surface area contributed by atoms with E-state index in [4.69, 9.17) is 5.73 Å². The summed E-state index contributed by atoms with van der Waals surface area (Å²) < 4.78 is 0. The average molecular weight is 272 g/mol. The fourth-order valence-corrected chi connectivity index (χ4v) is 4.47. The maximum Gasteiger partial charge on any atom is 0.135 e. The predicted molar refractivity (Wildman–Crippen MR) is 79.7 cm³/mol. The van der Waals surface area contributed by atoms with Gasteiger partial charge in [-0.15, -0.1) is 0 Å². The first kappa shape index (κ1) is 12.6. The Bertz CT molecular complexity index is 501. The molecule has 4 rings (SSSR count). The standard InChI is InChI=1S/C16H24N4/c17-14-6-3-4-11-8-20(9-13(11)14)16-12-5-1-2-7-15(12)18-10-19-16/h10-11,13-14H,1-9,17H2. The highest BCUT2D eigenvalue weighted by atomic mass is 15.2. The molecule has 1 saturated carbocycles. The molecule has 1 aromatic rings. The Hall–Kier alpha value is -1.16. The summed E-state index contributed by atoms with van der Waals surface area (Å²) in [5.74, 6) is 2.68. The third-order valence-electron chi connectivity index (χ3n) is 5.56. The van der Waals surface area contributed by atoms with Crippen LogP contribution < -0.4 is 10.6 Å². The van der Waals surface area contributed by atoms with Crippen molar-refractivity contribution >= 4 is 5.82 Å². The van der Waals surface area contributed by atoms with Gasteiger partial charge < -0.3 is 10.6 Å². The highest BCUT2D eigenvalue weighted by molar-refractivity contribution is 5.50. The zero-order chi connectivity index (χ0) is 13.5. The summed E-state index contributed by atoms with van der Waals surface area (Å²) in [6.45, 7) is 2.26. The number of hydrogen-bond donors (Lipinski definition) is 1. The molecule has 2 fully saturated rings. The van der Waals surface area contributed by atoms with Gasteiger partial charge in [0, 0.05) is 30.4 Å². The lowest BCUT2D eigenvalue weighted by atomic mass is 9.78. The van der Waals surface area contributed by atoms with E-state index in [0.29, 0.717) is 12.0 Å². The number of aromatic nitrogens is 2. The number of nitrogens with two attached hydrogens (primary N) is 1. The van der Waals surface area contributed by atoms with E-state index in [0.717, 1.165) is 31.8 Å². The number of rotatable bonds is 1. The van der Waals surface area contributed by atoms with Crippen molar-refractivity contribution in [3.8, 4) is 0 Å². The first-order valence-corrected chi connectivity index (χ1v) is 8.16. The highest BCUT2D eigenvalue weighted by Gasteiger charge is 2.39. The number of nitrogens with zero attached hydrogens (tertiary/aromatic N) is 3. The van der Waals surface area contributed by atoms with E-state index in [1.807, 2.05) is 0 Å². The van der Waals surface area contributed by atoms with E-state index in [9.17, 15) is 0 Å². The van der Waals surface area contributed by atoms with E-state index in [-0.39, 0.29) is 0 Å². The Morgan fingerprint density at radius 2 is 1.95 bits per heavy atom. The molecule has 0 bridgehead atoms. The molecule has 0 spiro atoms. The molecule has 2 N–H and O–H groups in total. The summed E-state index contributed by atoms with van der Waals surface area (Å²) in [7, 11) is 0. The SMILES string of the molecule is NC1CCCC2CN(c3ncnc4c3CCCC4)CC12. The van der Waals surface area contributed by atoms with Crippen molar-refractivity contribution in [2.45, 2.75) is 51.0 Å². The van der Waals surface area contributed by atoms with E-state index in [1.54, 1.807) is 6.33 Å². The summed E-state index contributed by atoms with van der Waals surface area (Å²) in [5.41, 5.74) is 9.05. The van der Waals surface area contributed by atoms with Crippen LogP contribution in [0.2, 0.25) is 0 Å². The van der Waals surface area contributed by atoms with Gasteiger partial charge in [-0.1, -0.05) is 6.42 Å². The van der Waals surface area contributed by atoms with Crippen LogP contribution in [0, 0.1) is 11.8 Å². The van der Waals surface area contributed by atoms with Gasteiger partial charge in [-0.25, -0.2) is 9.97 Å². The second-order valence-electron chi connectivity index (χ2n) is 6.75. The van der Waals surface area contributed by atoms with Crippen LogP contribution in [0.25, 0.3) is 0 Å². The summed E-state index contributed by atoms with van der Waals surface area (Å²) in [5, 5.41) is 0. The van der Waals surface area contributed by atoms with Crippen LogP contribution in [0.3, 0.4) is 0 Å². The maximum atomic E-state index is 6.34. The molecule has 1 aliphatic heterocycles. The van der Waals surface area contributed by atoms with E-state index in [2.05, 4.69) is 14.9 Å². The van der Waals surface area contributed by atoms with Crippen molar-refractivity contribution in [2.75, 3.05) is 18.0 Å². The molecule has 3 aliphatic rings. The van der Waals surface area contributed by atoms with Crippen LogP contribution in [0.4, 0.5) is 5.82 Å². The summed E-state index contributed by atoms with van der Waals surface area (Å²) in [6, 6.07) is 0.399. The van der Waals surface area contributed by atoms with Gasteiger partial charge in [-0.3, -0.25) is 0 Å². The van der Waals surface area contributed by atoms with Crippen LogP contribution >= 0.6 is 0 Å². The molecule has 1 saturated heterocycles. The monoisotopic (exact) mass is 272 g/mol. The van der Waals surface area contributed by atoms with Crippen LogP contribution in [0.1, 0.15) is 43.4 Å². The van der Waals surface area contributed by atoms with Gasteiger partial charge in [-0.2, -0.15) is 0 Å². The Morgan fingerprint density at radius 3 is 2.85 bits per heavy atom. The van der Waals surface area contributed by atoms with E-state index < -0.39 is 0 Å². The van der Waals surface area contributed by atoms with Crippen molar-refractivity contribution in [2.24, 2.45) is 17.6 Å². The molecule has 4 heteroatoms. The minimum absolute atomic E-state index is 0.399. The third-order valence-corrected chi connectivity index (χ3v) is 5.56. The van der Waals surface area contributed by atoms with Crippen molar-refractivity contribution < 1.29 is 0 Å². The number of fused-ring (bicyclic) bond motifs is 2. The van der Waals surface area contributed by atoms with Crippen LogP contribution in [0.5, 0.6) is 0 Å². The number of hydrogen-bond acceptors (Lipinski definition) is 4. The smallest absolute Gasteiger partial charge is 0.135 e. The molecule has 0 amide bonds. The lowest BCUT2D eigenvalue weighted by Crippen LogP contribution is -2.38. The molecular formula is C16H24N4. The van der Waals surface area contributed by atoms with Gasteiger partial charge >= 0.3 is 0 Å². The fraction of sp³-hybridized carbons (Fsp3) is 0.750. The zero-order valence-electron chi connectivity index (χ0n) is 12.1. The third kappa shape index (κ3) is 2.01. The van der Waals surface area contributed by atoms with E-state index in [1.165, 1.54) is 49.2 Å². The number of anilines is 1. The largest absolute Gasteiger partial charge is 0.356 e. The Balaban J connectivity index is 1.62. The lowest BCUT2D eigenvalue weighted by Gasteiger charge is -2.29. The molecule has 108 valence electrons. The van der Waals surface area contributed by atoms with Crippen LogP contribution in [-0.2, 0) is 12.8 Å². The van der Waals surface area contributed by atoms with Gasteiger partial charge in [0.05, 0.1) is 0 Å². The van der Waals surface area contributed by atoms with Crippen LogP contribution in [0.15, 0.2) is 6.33 Å². The summed E-state index contributed by atoms with van der Waals surface area (Å²) in [4.78, 5) is 11.6. The minimum Gasteiger partial charge on any atom is -0.356 e. The van der Waals surface area contributed by atoms with Gasteiger partial charge in [0.2, 0.25) is 0 Å². The normalized spacial score (nSPS) is 32.9. The minimum atomic E-state index is 0.399. The van der Waals surface area contributed by atoms with Gasteiger partial charge in [0.25, 0.3) is 0 Å². The second kappa shape index (κ2) is 4.99. The van der Waals surface area contributed by atoms with Crippen molar-refractivity contribution in [3.63, 3.8) is 0 Å². The topological polar surface area (TPSA) is 55.0 Å². The average Bonchev–Trinajstić information content (AvgIpc) is 2.92. The van der Waals surface area contributed by atoms with Crippen molar-refractivity contribution in [1.82, 2.24) is 9.97 Å². The Labute approximate surface area is 120 Å². The van der Waals surface area contributed by atoms with Crippen LogP contribution in [-0.4, -0.2) is 29.1 Å². The Morgan fingerprint density at radius 1 is 1.05 bits per heavy atom. The quantitative estimate of drug-likeness (QED) is 0.848. The van der Waals surface area contributed by atoms with Gasteiger partial charge in [0.15, 0.2) is 0 Å². The highest BCUT2D eigenvalue weighted by Crippen LogP contribution is 2.38. The molecule has 0 aromatic carbocycles. The molecule has 20 heavy (non-hydrogen) atoms. The second-order valence-corrected chi connectivity index (χ2v) is 6.75. The first-order chi connectivity index (χ1) is 9.83. The summed E-state index contributed by atoms with van der Waals surface area (Å²) in [6.07, 6.45) is 10.5. The molecule has 2 aliphatic carbocycles. The molecule has 4 nitrogen and oxygen atoms in total. The maximum absolute atomic E-state index is 6.34.